The number of aromatic nitrogens is 3. The molecule has 138 valence electrons. The van der Waals surface area contributed by atoms with Gasteiger partial charge < -0.3 is 9.67 Å². The molecule has 3 heterocycles. The van der Waals surface area contributed by atoms with Gasteiger partial charge in [-0.15, -0.1) is 0 Å². The molecule has 0 bridgehead atoms. The third kappa shape index (κ3) is 2.46. The minimum absolute atomic E-state index is 0.0388. The molecule has 0 aliphatic carbocycles. The van der Waals surface area contributed by atoms with Crippen LogP contribution in [-0.2, 0) is 0 Å². The monoisotopic (exact) mass is 387 g/mol. The van der Waals surface area contributed by atoms with E-state index in [9.17, 15) is 9.90 Å². The SMILES string of the molecule is Cc1cc(/C=c2/sc3nc4ccccc4n3c2=O)c(C)n1-c1ccc(O)cc1. The van der Waals surface area contributed by atoms with Gasteiger partial charge in [0.15, 0.2) is 4.96 Å². The number of aromatic hydroxyl groups is 1. The highest BCUT2D eigenvalue weighted by Crippen LogP contribution is 2.23. The van der Waals surface area contributed by atoms with E-state index < -0.39 is 0 Å². The van der Waals surface area contributed by atoms with Crippen LogP contribution in [0.1, 0.15) is 17.0 Å². The van der Waals surface area contributed by atoms with Crippen LogP contribution >= 0.6 is 11.3 Å². The van der Waals surface area contributed by atoms with Crippen molar-refractivity contribution in [3.63, 3.8) is 0 Å². The second kappa shape index (κ2) is 6.07. The molecular formula is C22H17N3O2S. The van der Waals surface area contributed by atoms with Gasteiger partial charge in [0.25, 0.3) is 5.56 Å². The molecule has 1 N–H and O–H groups in total. The van der Waals surface area contributed by atoms with Gasteiger partial charge in [-0.05, 0) is 68.0 Å². The van der Waals surface area contributed by atoms with Crippen LogP contribution < -0.4 is 10.1 Å². The number of hydrogen-bond donors (Lipinski definition) is 1. The Morgan fingerprint density at radius 2 is 1.82 bits per heavy atom. The quantitative estimate of drug-likeness (QED) is 0.504. The molecule has 5 rings (SSSR count). The van der Waals surface area contributed by atoms with Gasteiger partial charge in [-0.25, -0.2) is 9.38 Å². The zero-order valence-corrected chi connectivity index (χ0v) is 16.2. The highest BCUT2D eigenvalue weighted by Gasteiger charge is 2.13. The summed E-state index contributed by atoms with van der Waals surface area (Å²) in [6.45, 7) is 4.06. The van der Waals surface area contributed by atoms with Crippen molar-refractivity contribution in [2.75, 3.05) is 0 Å². The third-order valence-electron chi connectivity index (χ3n) is 5.01. The normalized spacial score (nSPS) is 12.4. The minimum Gasteiger partial charge on any atom is -0.508 e. The van der Waals surface area contributed by atoms with Crippen molar-refractivity contribution in [1.29, 1.82) is 0 Å². The summed E-state index contributed by atoms with van der Waals surface area (Å²) in [5.41, 5.74) is 5.71. The van der Waals surface area contributed by atoms with E-state index in [1.807, 2.05) is 56.3 Å². The number of nitrogens with zero attached hydrogens (tertiary/aromatic N) is 3. The summed E-state index contributed by atoms with van der Waals surface area (Å²) in [5.74, 6) is 0.239. The molecule has 0 fully saturated rings. The molecule has 0 atom stereocenters. The van der Waals surface area contributed by atoms with Crippen LogP contribution in [0.5, 0.6) is 5.75 Å². The zero-order chi connectivity index (χ0) is 19.4. The summed E-state index contributed by atoms with van der Waals surface area (Å²) in [6, 6.07) is 16.9. The van der Waals surface area contributed by atoms with Gasteiger partial charge in [0, 0.05) is 17.1 Å². The van der Waals surface area contributed by atoms with Gasteiger partial charge in [-0.3, -0.25) is 4.79 Å². The molecule has 2 aromatic carbocycles. The van der Waals surface area contributed by atoms with E-state index in [1.54, 1.807) is 16.5 Å². The van der Waals surface area contributed by atoms with Gasteiger partial charge in [-0.2, -0.15) is 0 Å². The molecule has 0 aliphatic heterocycles. The topological polar surface area (TPSA) is 59.5 Å². The third-order valence-corrected chi connectivity index (χ3v) is 5.98. The first-order chi connectivity index (χ1) is 13.5. The standard InChI is InChI=1S/C22H17N3O2S/c1-13-11-15(14(2)24(13)16-7-9-17(26)10-8-16)12-20-21(27)25-19-6-4-3-5-18(19)23-22(25)28-20/h3-12,26H,1-2H3/b20-12+. The summed E-state index contributed by atoms with van der Waals surface area (Å²) in [7, 11) is 0. The average molecular weight is 387 g/mol. The van der Waals surface area contributed by atoms with E-state index in [-0.39, 0.29) is 11.3 Å². The highest BCUT2D eigenvalue weighted by atomic mass is 32.1. The Kier molecular flexibility index (Phi) is 3.64. The van der Waals surface area contributed by atoms with Crippen LogP contribution in [0.2, 0.25) is 0 Å². The Bertz CT molecular complexity index is 1460. The largest absolute Gasteiger partial charge is 0.508 e. The highest BCUT2D eigenvalue weighted by molar-refractivity contribution is 7.15. The lowest BCUT2D eigenvalue weighted by Gasteiger charge is -2.09. The predicted molar refractivity (Wildman–Crippen MR) is 113 cm³/mol. The van der Waals surface area contributed by atoms with Gasteiger partial charge >= 0.3 is 0 Å². The Labute approximate surface area is 164 Å². The summed E-state index contributed by atoms with van der Waals surface area (Å²) in [5, 5.41) is 9.54. The molecule has 0 saturated carbocycles. The van der Waals surface area contributed by atoms with Crippen LogP contribution in [-0.4, -0.2) is 19.1 Å². The number of aryl methyl sites for hydroxylation is 1. The minimum atomic E-state index is -0.0388. The van der Waals surface area contributed by atoms with Crippen molar-refractivity contribution in [3.05, 3.63) is 86.4 Å². The van der Waals surface area contributed by atoms with Gasteiger partial charge in [0.1, 0.15) is 5.75 Å². The molecule has 5 nitrogen and oxygen atoms in total. The van der Waals surface area contributed by atoms with Crippen molar-refractivity contribution in [1.82, 2.24) is 14.0 Å². The van der Waals surface area contributed by atoms with E-state index in [1.165, 1.54) is 11.3 Å². The average Bonchev–Trinajstić information content (AvgIpc) is 3.28. The Balaban J connectivity index is 1.70. The number of phenols is 1. The maximum absolute atomic E-state index is 13.0. The first-order valence-electron chi connectivity index (χ1n) is 8.93. The number of rotatable bonds is 2. The lowest BCUT2D eigenvalue weighted by molar-refractivity contribution is 0.475. The fraction of sp³-hybridized carbons (Fsp3) is 0.0909. The smallest absolute Gasteiger partial charge is 0.274 e. The van der Waals surface area contributed by atoms with Crippen molar-refractivity contribution in [3.8, 4) is 11.4 Å². The van der Waals surface area contributed by atoms with Gasteiger partial charge in [0.05, 0.1) is 15.6 Å². The summed E-state index contributed by atoms with van der Waals surface area (Å²) >= 11 is 1.41. The summed E-state index contributed by atoms with van der Waals surface area (Å²) in [6.07, 6.45) is 1.94. The van der Waals surface area contributed by atoms with Crippen molar-refractivity contribution in [2.24, 2.45) is 0 Å². The number of phenolic OH excluding ortho intramolecular Hbond substituents is 1. The number of fused-ring (bicyclic) bond motifs is 3. The molecule has 0 radical (unpaired) electrons. The molecule has 0 aliphatic rings. The van der Waals surface area contributed by atoms with E-state index in [2.05, 4.69) is 15.6 Å². The van der Waals surface area contributed by atoms with Crippen molar-refractivity contribution >= 4 is 33.4 Å². The van der Waals surface area contributed by atoms with E-state index in [4.69, 9.17) is 0 Å². The molecule has 3 aromatic heterocycles. The predicted octanol–water partition coefficient (Wildman–Crippen LogP) is 3.57. The Morgan fingerprint density at radius 1 is 1.07 bits per heavy atom. The van der Waals surface area contributed by atoms with E-state index >= 15 is 0 Å². The van der Waals surface area contributed by atoms with Crippen LogP contribution in [0.15, 0.2) is 59.4 Å². The van der Waals surface area contributed by atoms with Crippen molar-refractivity contribution < 1.29 is 5.11 Å². The van der Waals surface area contributed by atoms with Crippen LogP contribution in [0.25, 0.3) is 27.8 Å². The maximum Gasteiger partial charge on any atom is 0.274 e. The molecule has 0 amide bonds. The molecule has 0 unspecified atom stereocenters. The molecule has 0 saturated heterocycles. The number of para-hydroxylation sites is 2. The zero-order valence-electron chi connectivity index (χ0n) is 15.4. The molecule has 5 aromatic rings. The Morgan fingerprint density at radius 3 is 2.61 bits per heavy atom. The van der Waals surface area contributed by atoms with E-state index in [0.29, 0.717) is 9.49 Å². The first-order valence-corrected chi connectivity index (χ1v) is 9.74. The van der Waals surface area contributed by atoms with E-state index in [0.717, 1.165) is 33.7 Å². The lowest BCUT2D eigenvalue weighted by Crippen LogP contribution is -2.22. The van der Waals surface area contributed by atoms with Gasteiger partial charge in [-0.1, -0.05) is 23.5 Å². The fourth-order valence-electron chi connectivity index (χ4n) is 3.69. The summed E-state index contributed by atoms with van der Waals surface area (Å²) < 4.78 is 4.47. The molecule has 0 spiro atoms. The van der Waals surface area contributed by atoms with Crippen LogP contribution in [0.3, 0.4) is 0 Å². The molecule has 6 heteroatoms. The first kappa shape index (κ1) is 16.8. The van der Waals surface area contributed by atoms with Crippen molar-refractivity contribution in [2.45, 2.75) is 13.8 Å². The maximum atomic E-state index is 13.0. The molecule has 28 heavy (non-hydrogen) atoms. The Hall–Kier alpha value is -3.38. The van der Waals surface area contributed by atoms with Gasteiger partial charge in [0.2, 0.25) is 0 Å². The molecular weight excluding hydrogens is 370 g/mol. The number of imidazole rings is 1. The second-order valence-corrected chi connectivity index (χ2v) is 7.82. The van der Waals surface area contributed by atoms with Crippen LogP contribution in [0.4, 0.5) is 0 Å². The number of hydrogen-bond acceptors (Lipinski definition) is 4. The second-order valence-electron chi connectivity index (χ2n) is 6.81. The number of thiazole rings is 1. The summed E-state index contributed by atoms with van der Waals surface area (Å²) in [4.78, 5) is 18.3. The number of benzene rings is 2. The fourth-order valence-corrected chi connectivity index (χ4v) is 4.66. The lowest BCUT2D eigenvalue weighted by atomic mass is 10.2. The van der Waals surface area contributed by atoms with Crippen LogP contribution in [0, 0.1) is 13.8 Å².